The predicted octanol–water partition coefficient (Wildman–Crippen LogP) is 2.77. The van der Waals surface area contributed by atoms with E-state index in [1.807, 2.05) is 18.2 Å². The minimum absolute atomic E-state index is 0.861. The molecule has 3 heteroatoms. The highest BCUT2D eigenvalue weighted by Gasteiger charge is 2.16. The van der Waals surface area contributed by atoms with Gasteiger partial charge in [-0.05, 0) is 30.5 Å². The second-order valence-electron chi connectivity index (χ2n) is 3.76. The molecule has 2 rings (SSSR count). The van der Waals surface area contributed by atoms with Gasteiger partial charge in [-0.25, -0.2) is 0 Å². The fraction of sp³-hybridized carbons (Fsp3) is 0.333. The van der Waals surface area contributed by atoms with Crippen molar-refractivity contribution in [2.75, 3.05) is 23.7 Å². The van der Waals surface area contributed by atoms with E-state index in [1.165, 1.54) is 11.3 Å². The number of hydrogen-bond acceptors (Lipinski definition) is 2. The molecule has 1 aliphatic heterocycles. The number of anilines is 2. The molecule has 0 aromatic heterocycles. The second kappa shape index (κ2) is 4.58. The standard InChI is InChI=1S/C12H15ClN2/c13-7-3-9-15-8-2-4-10-11(14)5-1-6-12(10)15/h1,3,5-7H,2,4,8-9,14H2/b7-3+. The fourth-order valence-corrected chi connectivity index (χ4v) is 2.16. The Morgan fingerprint density at radius 2 is 2.33 bits per heavy atom. The van der Waals surface area contributed by atoms with E-state index < -0.39 is 0 Å². The van der Waals surface area contributed by atoms with Gasteiger partial charge >= 0.3 is 0 Å². The Morgan fingerprint density at radius 3 is 3.13 bits per heavy atom. The summed E-state index contributed by atoms with van der Waals surface area (Å²) in [5.74, 6) is 0. The van der Waals surface area contributed by atoms with Crippen molar-refractivity contribution in [2.24, 2.45) is 0 Å². The molecule has 1 aromatic rings. The van der Waals surface area contributed by atoms with Gasteiger partial charge in [0.1, 0.15) is 0 Å². The molecule has 0 unspecified atom stereocenters. The molecule has 1 heterocycles. The number of nitrogen functional groups attached to an aromatic ring is 1. The van der Waals surface area contributed by atoms with Crippen molar-refractivity contribution < 1.29 is 0 Å². The molecule has 0 saturated carbocycles. The highest BCUT2D eigenvalue weighted by Crippen LogP contribution is 2.30. The smallest absolute Gasteiger partial charge is 0.0422 e. The third kappa shape index (κ3) is 2.10. The average molecular weight is 223 g/mol. The van der Waals surface area contributed by atoms with Crippen LogP contribution in [0.2, 0.25) is 0 Å². The molecule has 0 spiro atoms. The van der Waals surface area contributed by atoms with Crippen LogP contribution in [-0.2, 0) is 6.42 Å². The Balaban J connectivity index is 2.30. The lowest BCUT2D eigenvalue weighted by Gasteiger charge is -2.31. The molecule has 2 nitrogen and oxygen atoms in total. The van der Waals surface area contributed by atoms with Crippen molar-refractivity contribution in [2.45, 2.75) is 12.8 Å². The first-order valence-electron chi connectivity index (χ1n) is 5.20. The number of hydrogen-bond donors (Lipinski definition) is 1. The predicted molar refractivity (Wildman–Crippen MR) is 66.4 cm³/mol. The van der Waals surface area contributed by atoms with E-state index in [9.17, 15) is 0 Å². The van der Waals surface area contributed by atoms with Crippen LogP contribution in [0.15, 0.2) is 29.8 Å². The fourth-order valence-electron chi connectivity index (χ4n) is 2.08. The first kappa shape index (κ1) is 10.4. The summed E-state index contributed by atoms with van der Waals surface area (Å²) in [5, 5.41) is 0. The Labute approximate surface area is 95.3 Å². The molecule has 0 bridgehead atoms. The number of rotatable bonds is 2. The number of halogens is 1. The summed E-state index contributed by atoms with van der Waals surface area (Å²) in [6.45, 7) is 1.94. The Morgan fingerprint density at radius 1 is 1.47 bits per heavy atom. The van der Waals surface area contributed by atoms with E-state index in [0.29, 0.717) is 0 Å². The first-order chi connectivity index (χ1) is 7.33. The third-order valence-electron chi connectivity index (χ3n) is 2.80. The van der Waals surface area contributed by atoms with Crippen LogP contribution in [-0.4, -0.2) is 13.1 Å². The van der Waals surface area contributed by atoms with Gasteiger partial charge in [0.05, 0.1) is 0 Å². The number of nitrogens with zero attached hydrogens (tertiary/aromatic N) is 1. The molecule has 15 heavy (non-hydrogen) atoms. The van der Waals surface area contributed by atoms with Crippen LogP contribution in [0.3, 0.4) is 0 Å². The van der Waals surface area contributed by atoms with Gasteiger partial charge in [0.25, 0.3) is 0 Å². The second-order valence-corrected chi connectivity index (χ2v) is 4.01. The zero-order valence-electron chi connectivity index (χ0n) is 8.62. The van der Waals surface area contributed by atoms with Crippen LogP contribution in [0, 0.1) is 0 Å². The van der Waals surface area contributed by atoms with Gasteiger partial charge in [-0.1, -0.05) is 23.7 Å². The van der Waals surface area contributed by atoms with Gasteiger partial charge in [0.15, 0.2) is 0 Å². The van der Waals surface area contributed by atoms with E-state index in [1.54, 1.807) is 5.54 Å². The van der Waals surface area contributed by atoms with Gasteiger partial charge in [-0.3, -0.25) is 0 Å². The maximum Gasteiger partial charge on any atom is 0.0422 e. The van der Waals surface area contributed by atoms with Crippen LogP contribution >= 0.6 is 11.6 Å². The highest BCUT2D eigenvalue weighted by molar-refractivity contribution is 6.25. The summed E-state index contributed by atoms with van der Waals surface area (Å²) in [6, 6.07) is 6.11. The van der Waals surface area contributed by atoms with Crippen LogP contribution in [0.1, 0.15) is 12.0 Å². The summed E-state index contributed by atoms with van der Waals surface area (Å²) in [6.07, 6.45) is 4.21. The topological polar surface area (TPSA) is 29.3 Å². The third-order valence-corrected chi connectivity index (χ3v) is 2.98. The summed E-state index contributed by atoms with van der Waals surface area (Å²) < 4.78 is 0. The SMILES string of the molecule is Nc1cccc2c1CCCN2C/C=C/Cl. The van der Waals surface area contributed by atoms with Gasteiger partial charge in [0, 0.05) is 30.0 Å². The van der Waals surface area contributed by atoms with Crippen molar-refractivity contribution in [3.05, 3.63) is 35.4 Å². The summed E-state index contributed by atoms with van der Waals surface area (Å²) in [5.41, 5.74) is 11.0. The molecular formula is C12H15ClN2. The van der Waals surface area contributed by atoms with Crippen molar-refractivity contribution in [3.63, 3.8) is 0 Å². The molecule has 0 amide bonds. The van der Waals surface area contributed by atoms with Crippen LogP contribution < -0.4 is 10.6 Å². The van der Waals surface area contributed by atoms with Crippen molar-refractivity contribution in [3.8, 4) is 0 Å². The number of fused-ring (bicyclic) bond motifs is 1. The Bertz CT molecular complexity index is 374. The lowest BCUT2D eigenvalue weighted by Crippen LogP contribution is -2.29. The van der Waals surface area contributed by atoms with Gasteiger partial charge in [-0.15, -0.1) is 0 Å². The normalized spacial score (nSPS) is 15.7. The Kier molecular flexibility index (Phi) is 3.17. The molecule has 0 fully saturated rings. The minimum Gasteiger partial charge on any atom is -0.398 e. The number of nitrogens with two attached hydrogens (primary N) is 1. The van der Waals surface area contributed by atoms with Crippen molar-refractivity contribution in [1.82, 2.24) is 0 Å². The monoisotopic (exact) mass is 222 g/mol. The number of benzene rings is 1. The molecule has 80 valence electrons. The minimum atomic E-state index is 0.861. The van der Waals surface area contributed by atoms with E-state index in [0.717, 1.165) is 31.6 Å². The average Bonchev–Trinajstić information content (AvgIpc) is 2.27. The summed E-state index contributed by atoms with van der Waals surface area (Å²) in [4.78, 5) is 2.31. The van der Waals surface area contributed by atoms with Gasteiger partial charge in [0.2, 0.25) is 0 Å². The molecule has 0 radical (unpaired) electrons. The molecule has 0 atom stereocenters. The van der Waals surface area contributed by atoms with E-state index >= 15 is 0 Å². The zero-order chi connectivity index (χ0) is 10.7. The summed E-state index contributed by atoms with van der Waals surface area (Å²) in [7, 11) is 0. The lowest BCUT2D eigenvalue weighted by molar-refractivity contribution is 0.724. The molecular weight excluding hydrogens is 208 g/mol. The van der Waals surface area contributed by atoms with Crippen LogP contribution in [0.25, 0.3) is 0 Å². The maximum absolute atomic E-state index is 5.96. The quantitative estimate of drug-likeness (QED) is 0.780. The van der Waals surface area contributed by atoms with Gasteiger partial charge < -0.3 is 10.6 Å². The maximum atomic E-state index is 5.96. The summed E-state index contributed by atoms with van der Waals surface area (Å²) >= 11 is 5.55. The van der Waals surface area contributed by atoms with E-state index in [4.69, 9.17) is 17.3 Å². The Hall–Kier alpha value is -1.15. The highest BCUT2D eigenvalue weighted by atomic mass is 35.5. The largest absolute Gasteiger partial charge is 0.398 e. The lowest BCUT2D eigenvalue weighted by atomic mass is 10.00. The van der Waals surface area contributed by atoms with Crippen LogP contribution in [0.4, 0.5) is 11.4 Å². The molecule has 0 saturated heterocycles. The van der Waals surface area contributed by atoms with Crippen molar-refractivity contribution in [1.29, 1.82) is 0 Å². The van der Waals surface area contributed by atoms with Gasteiger partial charge in [-0.2, -0.15) is 0 Å². The molecule has 2 N–H and O–H groups in total. The molecule has 0 aliphatic carbocycles. The van der Waals surface area contributed by atoms with E-state index in [-0.39, 0.29) is 0 Å². The van der Waals surface area contributed by atoms with E-state index in [2.05, 4.69) is 11.0 Å². The molecule has 1 aromatic carbocycles. The molecule has 1 aliphatic rings. The van der Waals surface area contributed by atoms with Crippen molar-refractivity contribution >= 4 is 23.0 Å². The van der Waals surface area contributed by atoms with Crippen LogP contribution in [0.5, 0.6) is 0 Å². The zero-order valence-corrected chi connectivity index (χ0v) is 9.37. The first-order valence-corrected chi connectivity index (χ1v) is 5.64.